The molecule has 42 heavy (non-hydrogen) atoms. The number of hydrogen-bond donors (Lipinski definition) is 3. The predicted octanol–water partition coefficient (Wildman–Crippen LogP) is 4.17. The fourth-order valence-electron chi connectivity index (χ4n) is 5.16. The molecule has 0 aliphatic heterocycles. The molecule has 10 nitrogen and oxygen atoms in total. The number of carboxylic acid groups (broad SMARTS) is 1. The van der Waals surface area contributed by atoms with Crippen molar-refractivity contribution in [2.24, 2.45) is 7.05 Å². The molecule has 0 bridgehead atoms. The monoisotopic (exact) mass is 568 g/mol. The molecule has 216 valence electrons. The van der Waals surface area contributed by atoms with Crippen molar-refractivity contribution >= 4 is 18.0 Å². The van der Waals surface area contributed by atoms with E-state index in [1.54, 1.807) is 20.2 Å². The number of rotatable bonds is 11. The minimum Gasteiger partial charge on any atom is -0.480 e. The quantitative estimate of drug-likeness (QED) is 0.247. The number of nitrogens with one attached hydrogen (secondary N) is 2. The van der Waals surface area contributed by atoms with E-state index in [0.29, 0.717) is 5.56 Å². The van der Waals surface area contributed by atoms with Crippen LogP contribution in [0.15, 0.2) is 91.3 Å². The van der Waals surface area contributed by atoms with E-state index in [1.165, 1.54) is 10.9 Å². The van der Waals surface area contributed by atoms with Gasteiger partial charge in [0, 0.05) is 24.7 Å². The van der Waals surface area contributed by atoms with Gasteiger partial charge in [-0.05, 0) is 34.7 Å². The van der Waals surface area contributed by atoms with Gasteiger partial charge in [-0.2, -0.15) is 5.10 Å². The number of carbonyl (C=O) groups is 3. The van der Waals surface area contributed by atoms with Crippen LogP contribution in [-0.4, -0.2) is 51.6 Å². The average Bonchev–Trinajstić information content (AvgIpc) is 3.57. The second-order valence-corrected chi connectivity index (χ2v) is 10.2. The molecule has 3 N–H and O–H groups in total. The Morgan fingerprint density at radius 3 is 2.14 bits per heavy atom. The summed E-state index contributed by atoms with van der Waals surface area (Å²) in [6.07, 6.45) is 1.31. The smallest absolute Gasteiger partial charge is 0.408 e. The maximum absolute atomic E-state index is 13.4. The number of aromatic nitrogens is 2. The van der Waals surface area contributed by atoms with Crippen molar-refractivity contribution in [3.63, 3.8) is 0 Å². The molecule has 5 rings (SSSR count). The number of hydrogen-bond acceptors (Lipinski definition) is 6. The Kier molecular flexibility index (Phi) is 8.63. The molecule has 4 aromatic rings. The highest BCUT2D eigenvalue weighted by atomic mass is 16.5. The first-order valence-corrected chi connectivity index (χ1v) is 13.6. The molecule has 0 saturated heterocycles. The number of amides is 2. The molecule has 2 amide bonds. The van der Waals surface area contributed by atoms with E-state index in [2.05, 4.69) is 15.7 Å². The van der Waals surface area contributed by atoms with Gasteiger partial charge in [0.25, 0.3) is 0 Å². The normalized spacial score (nSPS) is 14.2. The zero-order chi connectivity index (χ0) is 29.6. The Labute approximate surface area is 243 Å². The molecule has 3 atom stereocenters. The topological polar surface area (TPSA) is 132 Å². The maximum Gasteiger partial charge on any atom is 0.408 e. The Balaban J connectivity index is 1.27. The van der Waals surface area contributed by atoms with Gasteiger partial charge in [0.05, 0.1) is 18.9 Å². The van der Waals surface area contributed by atoms with Gasteiger partial charge in [-0.25, -0.2) is 9.59 Å². The highest BCUT2D eigenvalue weighted by molar-refractivity contribution is 5.90. The fourth-order valence-corrected chi connectivity index (χ4v) is 5.16. The summed E-state index contributed by atoms with van der Waals surface area (Å²) in [6.45, 7) is 1.80. The predicted molar refractivity (Wildman–Crippen MR) is 154 cm³/mol. The molecular formula is C32H32N4O6. The van der Waals surface area contributed by atoms with Gasteiger partial charge in [-0.1, -0.05) is 78.9 Å². The first-order chi connectivity index (χ1) is 20.3. The summed E-state index contributed by atoms with van der Waals surface area (Å²) in [5.41, 5.74) is 5.54. The molecule has 0 spiro atoms. The lowest BCUT2D eigenvalue weighted by molar-refractivity contribution is -0.146. The highest BCUT2D eigenvalue weighted by Crippen LogP contribution is 2.44. The van der Waals surface area contributed by atoms with E-state index in [1.807, 2.05) is 78.9 Å². The molecule has 0 saturated carbocycles. The van der Waals surface area contributed by atoms with Crippen LogP contribution in [-0.2, 0) is 32.7 Å². The van der Waals surface area contributed by atoms with E-state index < -0.39 is 36.2 Å². The van der Waals surface area contributed by atoms with Crippen molar-refractivity contribution in [3.8, 4) is 11.1 Å². The van der Waals surface area contributed by atoms with Gasteiger partial charge >= 0.3 is 12.1 Å². The number of benzene rings is 3. The standard InChI is InChI=1S/C32H32N4O6/c1-20(41-18-21-10-4-3-5-11-21)28(31(38)39)34-30(37)29(22-16-33-36(2)17-22)35-32(40)42-19-27-25-14-8-6-12-23(25)24-13-7-9-15-26(24)27/h3-17,20,27-29H,18-19H2,1-2H3,(H,34,37)(H,35,40)(H,38,39). The van der Waals surface area contributed by atoms with Crippen molar-refractivity contribution in [2.75, 3.05) is 6.61 Å². The number of fused-ring (bicyclic) bond motifs is 3. The Bertz CT molecular complexity index is 1520. The number of nitrogens with zero attached hydrogens (tertiary/aromatic N) is 2. The van der Waals surface area contributed by atoms with Crippen molar-refractivity contribution in [2.45, 2.75) is 37.6 Å². The number of carbonyl (C=O) groups excluding carboxylic acids is 2. The maximum atomic E-state index is 13.4. The Hall–Kier alpha value is -4.96. The summed E-state index contributed by atoms with van der Waals surface area (Å²) < 4.78 is 12.9. The lowest BCUT2D eigenvalue weighted by atomic mass is 9.98. The second kappa shape index (κ2) is 12.7. The first kappa shape index (κ1) is 28.6. The molecular weight excluding hydrogens is 536 g/mol. The first-order valence-electron chi connectivity index (χ1n) is 13.6. The molecule has 3 aromatic carbocycles. The van der Waals surface area contributed by atoms with E-state index in [0.717, 1.165) is 27.8 Å². The van der Waals surface area contributed by atoms with Crippen LogP contribution in [0.3, 0.4) is 0 Å². The van der Waals surface area contributed by atoms with Crippen LogP contribution in [0.1, 0.15) is 41.1 Å². The third-order valence-corrected chi connectivity index (χ3v) is 7.32. The van der Waals surface area contributed by atoms with Crippen molar-refractivity contribution in [3.05, 3.63) is 114 Å². The van der Waals surface area contributed by atoms with Crippen LogP contribution in [0.2, 0.25) is 0 Å². The van der Waals surface area contributed by atoms with Crippen LogP contribution >= 0.6 is 0 Å². The van der Waals surface area contributed by atoms with Crippen molar-refractivity contribution in [1.29, 1.82) is 0 Å². The Morgan fingerprint density at radius 2 is 1.55 bits per heavy atom. The molecule has 1 aliphatic rings. The van der Waals surface area contributed by atoms with E-state index in [-0.39, 0.29) is 19.1 Å². The second-order valence-electron chi connectivity index (χ2n) is 10.2. The molecule has 10 heteroatoms. The zero-order valence-electron chi connectivity index (χ0n) is 23.3. The highest BCUT2D eigenvalue weighted by Gasteiger charge is 2.34. The number of carboxylic acids is 1. The van der Waals surface area contributed by atoms with Crippen molar-refractivity contribution < 1.29 is 29.0 Å². The van der Waals surface area contributed by atoms with Crippen LogP contribution < -0.4 is 10.6 Å². The van der Waals surface area contributed by atoms with Crippen LogP contribution in [0.5, 0.6) is 0 Å². The van der Waals surface area contributed by atoms with E-state index in [4.69, 9.17) is 9.47 Å². The average molecular weight is 569 g/mol. The molecule has 1 heterocycles. The van der Waals surface area contributed by atoms with Gasteiger partial charge in [-0.3, -0.25) is 9.48 Å². The SMILES string of the molecule is CC(OCc1ccccc1)C(NC(=O)C(NC(=O)OCC1c2ccccc2-c2ccccc21)c1cnn(C)c1)C(=O)O. The molecule has 1 aromatic heterocycles. The molecule has 0 fully saturated rings. The third kappa shape index (κ3) is 6.34. The summed E-state index contributed by atoms with van der Waals surface area (Å²) in [4.78, 5) is 38.6. The summed E-state index contributed by atoms with van der Waals surface area (Å²) >= 11 is 0. The largest absolute Gasteiger partial charge is 0.480 e. The molecule has 0 radical (unpaired) electrons. The number of ether oxygens (including phenoxy) is 2. The lowest BCUT2D eigenvalue weighted by Gasteiger charge is -2.25. The van der Waals surface area contributed by atoms with Gasteiger partial charge in [0.15, 0.2) is 6.04 Å². The lowest BCUT2D eigenvalue weighted by Crippen LogP contribution is -2.52. The van der Waals surface area contributed by atoms with Crippen LogP contribution in [0.4, 0.5) is 4.79 Å². The van der Waals surface area contributed by atoms with E-state index in [9.17, 15) is 19.5 Å². The number of alkyl carbamates (subject to hydrolysis) is 1. The van der Waals surface area contributed by atoms with Gasteiger partial charge in [0.2, 0.25) is 5.91 Å². The fraction of sp³-hybridized carbons (Fsp3) is 0.250. The third-order valence-electron chi connectivity index (χ3n) is 7.32. The summed E-state index contributed by atoms with van der Waals surface area (Å²) in [5, 5.41) is 19.1. The number of aliphatic carboxylic acids is 1. The van der Waals surface area contributed by atoms with Gasteiger partial charge in [-0.15, -0.1) is 0 Å². The molecule has 1 aliphatic carbocycles. The van der Waals surface area contributed by atoms with E-state index >= 15 is 0 Å². The van der Waals surface area contributed by atoms with Crippen molar-refractivity contribution in [1.82, 2.24) is 20.4 Å². The summed E-state index contributed by atoms with van der Waals surface area (Å²) in [7, 11) is 1.67. The minimum absolute atomic E-state index is 0.0589. The summed E-state index contributed by atoms with van der Waals surface area (Å²) in [5.74, 6) is -2.16. The van der Waals surface area contributed by atoms with Gasteiger partial charge in [0.1, 0.15) is 12.6 Å². The summed E-state index contributed by atoms with van der Waals surface area (Å²) in [6, 6.07) is 22.6. The van der Waals surface area contributed by atoms with Crippen LogP contribution in [0.25, 0.3) is 11.1 Å². The molecule has 3 unspecified atom stereocenters. The minimum atomic E-state index is -1.37. The van der Waals surface area contributed by atoms with Crippen LogP contribution in [0, 0.1) is 0 Å². The number of aryl methyl sites for hydroxylation is 1. The Morgan fingerprint density at radius 1 is 0.929 bits per heavy atom. The van der Waals surface area contributed by atoms with Gasteiger partial charge < -0.3 is 25.2 Å². The zero-order valence-corrected chi connectivity index (χ0v) is 23.3.